The van der Waals surface area contributed by atoms with Gasteiger partial charge in [0.1, 0.15) is 0 Å². The summed E-state index contributed by atoms with van der Waals surface area (Å²) < 4.78 is 4.90. The highest BCUT2D eigenvalue weighted by molar-refractivity contribution is 5.72. The minimum Gasteiger partial charge on any atom is -0.466 e. The van der Waals surface area contributed by atoms with E-state index in [1.165, 1.54) is 12.8 Å². The fourth-order valence-electron chi connectivity index (χ4n) is 1.53. The van der Waals surface area contributed by atoms with Crippen LogP contribution in [0.25, 0.3) is 0 Å². The molecule has 0 atom stereocenters. The van der Waals surface area contributed by atoms with E-state index in [2.05, 4.69) is 12.2 Å². The van der Waals surface area contributed by atoms with Gasteiger partial charge < -0.3 is 10.1 Å². The van der Waals surface area contributed by atoms with Gasteiger partial charge >= 0.3 is 5.97 Å². The number of unbranched alkanes of at least 4 members (excludes halogenated alkanes) is 1. The Morgan fingerprint density at radius 3 is 2.53 bits per heavy atom. The quantitative estimate of drug-likeness (QED) is 0.583. The molecule has 0 aliphatic heterocycles. The summed E-state index contributed by atoms with van der Waals surface area (Å²) in [5, 5.41) is 3.34. The lowest BCUT2D eigenvalue weighted by molar-refractivity contribution is -0.142. The number of ether oxygens (including phenoxy) is 1. The maximum atomic E-state index is 11.3. The van der Waals surface area contributed by atoms with Crippen LogP contribution < -0.4 is 5.32 Å². The lowest BCUT2D eigenvalue weighted by Gasteiger charge is -2.06. The molecule has 1 aromatic carbocycles. The van der Waals surface area contributed by atoms with Crippen molar-refractivity contribution < 1.29 is 9.53 Å². The molecule has 0 aliphatic rings. The predicted molar refractivity (Wildman–Crippen MR) is 70.2 cm³/mol. The van der Waals surface area contributed by atoms with Crippen LogP contribution in [0.3, 0.4) is 0 Å². The van der Waals surface area contributed by atoms with Gasteiger partial charge in [0.25, 0.3) is 0 Å². The molecule has 3 heteroatoms. The molecule has 0 aromatic heterocycles. The van der Waals surface area contributed by atoms with Gasteiger partial charge in [-0.05, 0) is 31.0 Å². The monoisotopic (exact) mass is 235 g/mol. The molecule has 1 N–H and O–H groups in total. The number of hydrogen-bond donors (Lipinski definition) is 1. The number of rotatable bonds is 7. The van der Waals surface area contributed by atoms with Gasteiger partial charge in [-0.25, -0.2) is 0 Å². The molecule has 0 spiro atoms. The molecule has 0 radical (unpaired) electrons. The van der Waals surface area contributed by atoms with Crippen LogP contribution >= 0.6 is 0 Å². The van der Waals surface area contributed by atoms with Crippen LogP contribution in [0, 0.1) is 0 Å². The first kappa shape index (κ1) is 13.6. The van der Waals surface area contributed by atoms with Crippen molar-refractivity contribution in [3.63, 3.8) is 0 Å². The van der Waals surface area contributed by atoms with Crippen LogP contribution in [-0.2, 0) is 16.0 Å². The van der Waals surface area contributed by atoms with Crippen LogP contribution in [0.4, 0.5) is 5.69 Å². The number of carbonyl (C=O) groups is 1. The summed E-state index contributed by atoms with van der Waals surface area (Å²) in [5.41, 5.74) is 2.09. The van der Waals surface area contributed by atoms with Crippen LogP contribution in [0.2, 0.25) is 0 Å². The molecule has 0 amide bonds. The Morgan fingerprint density at radius 1 is 1.24 bits per heavy atom. The average molecular weight is 235 g/mol. The maximum absolute atomic E-state index is 11.3. The van der Waals surface area contributed by atoms with Crippen molar-refractivity contribution in [2.45, 2.75) is 33.1 Å². The van der Waals surface area contributed by atoms with E-state index in [9.17, 15) is 4.79 Å². The van der Waals surface area contributed by atoms with E-state index >= 15 is 0 Å². The van der Waals surface area contributed by atoms with E-state index in [1.54, 1.807) is 0 Å². The van der Waals surface area contributed by atoms with Crippen molar-refractivity contribution in [3.8, 4) is 0 Å². The molecule has 0 saturated carbocycles. The minimum absolute atomic E-state index is 0.167. The van der Waals surface area contributed by atoms with E-state index in [-0.39, 0.29) is 5.97 Å². The van der Waals surface area contributed by atoms with Gasteiger partial charge in [0, 0.05) is 12.2 Å². The largest absolute Gasteiger partial charge is 0.466 e. The molecule has 0 saturated heterocycles. The Hall–Kier alpha value is -1.51. The van der Waals surface area contributed by atoms with E-state index in [0.717, 1.165) is 17.8 Å². The SMILES string of the molecule is CCCCNc1ccc(CC(=O)OCC)cc1. The second kappa shape index (κ2) is 7.71. The van der Waals surface area contributed by atoms with Gasteiger partial charge in [-0.2, -0.15) is 0 Å². The molecular weight excluding hydrogens is 214 g/mol. The summed E-state index contributed by atoms with van der Waals surface area (Å²) in [5.74, 6) is -0.167. The van der Waals surface area contributed by atoms with E-state index < -0.39 is 0 Å². The van der Waals surface area contributed by atoms with E-state index in [0.29, 0.717) is 13.0 Å². The molecule has 17 heavy (non-hydrogen) atoms. The first-order valence-electron chi connectivity index (χ1n) is 6.24. The molecule has 0 fully saturated rings. The number of hydrogen-bond acceptors (Lipinski definition) is 3. The smallest absolute Gasteiger partial charge is 0.310 e. The van der Waals surface area contributed by atoms with E-state index in [4.69, 9.17) is 4.74 Å². The molecule has 94 valence electrons. The Bertz CT molecular complexity index is 333. The van der Waals surface area contributed by atoms with Crippen molar-refractivity contribution in [2.24, 2.45) is 0 Å². The third-order valence-corrected chi connectivity index (χ3v) is 2.47. The highest BCUT2D eigenvalue weighted by Gasteiger charge is 2.03. The molecule has 1 rings (SSSR count). The summed E-state index contributed by atoms with van der Waals surface area (Å²) in [4.78, 5) is 11.3. The second-order valence-electron chi connectivity index (χ2n) is 3.96. The fourth-order valence-corrected chi connectivity index (χ4v) is 1.53. The van der Waals surface area contributed by atoms with Crippen LogP contribution in [0.1, 0.15) is 32.3 Å². The standard InChI is InChI=1S/C14H21NO2/c1-3-5-10-15-13-8-6-12(7-9-13)11-14(16)17-4-2/h6-9,15H,3-5,10-11H2,1-2H3. The van der Waals surface area contributed by atoms with Gasteiger partial charge in [-0.1, -0.05) is 25.5 Å². The van der Waals surface area contributed by atoms with Gasteiger partial charge in [0.05, 0.1) is 13.0 Å². The van der Waals surface area contributed by atoms with Gasteiger partial charge in [0.2, 0.25) is 0 Å². The molecular formula is C14H21NO2. The van der Waals surface area contributed by atoms with Crippen molar-refractivity contribution in [2.75, 3.05) is 18.5 Å². The summed E-state index contributed by atoms with van der Waals surface area (Å²) in [6.07, 6.45) is 2.71. The zero-order valence-electron chi connectivity index (χ0n) is 10.7. The van der Waals surface area contributed by atoms with Crippen molar-refractivity contribution >= 4 is 11.7 Å². The fraction of sp³-hybridized carbons (Fsp3) is 0.500. The summed E-state index contributed by atoms with van der Waals surface area (Å²) in [6, 6.07) is 7.94. The van der Waals surface area contributed by atoms with Crippen molar-refractivity contribution in [1.29, 1.82) is 0 Å². The Labute approximate surface area is 103 Å². The van der Waals surface area contributed by atoms with Crippen molar-refractivity contribution in [1.82, 2.24) is 0 Å². The number of esters is 1. The normalized spacial score (nSPS) is 10.0. The number of anilines is 1. The summed E-state index contributed by atoms with van der Waals surface area (Å²) in [6.45, 7) is 5.42. The second-order valence-corrected chi connectivity index (χ2v) is 3.96. The lowest BCUT2D eigenvalue weighted by atomic mass is 10.1. The topological polar surface area (TPSA) is 38.3 Å². The van der Waals surface area contributed by atoms with E-state index in [1.807, 2.05) is 31.2 Å². The highest BCUT2D eigenvalue weighted by Crippen LogP contribution is 2.10. The molecule has 0 unspecified atom stereocenters. The maximum Gasteiger partial charge on any atom is 0.310 e. The van der Waals surface area contributed by atoms with Gasteiger partial charge in [0.15, 0.2) is 0 Å². The Morgan fingerprint density at radius 2 is 1.94 bits per heavy atom. The van der Waals surface area contributed by atoms with Gasteiger partial charge in [-0.15, -0.1) is 0 Å². The average Bonchev–Trinajstić information content (AvgIpc) is 2.32. The van der Waals surface area contributed by atoms with Crippen LogP contribution in [0.5, 0.6) is 0 Å². The lowest BCUT2D eigenvalue weighted by Crippen LogP contribution is -2.07. The molecule has 0 aliphatic carbocycles. The predicted octanol–water partition coefficient (Wildman–Crippen LogP) is 3.00. The third-order valence-electron chi connectivity index (χ3n) is 2.47. The Kier molecular flexibility index (Phi) is 6.15. The molecule has 0 heterocycles. The zero-order chi connectivity index (χ0) is 12.5. The number of carbonyl (C=O) groups excluding carboxylic acids is 1. The molecule has 1 aromatic rings. The zero-order valence-corrected chi connectivity index (χ0v) is 10.7. The van der Waals surface area contributed by atoms with Crippen molar-refractivity contribution in [3.05, 3.63) is 29.8 Å². The van der Waals surface area contributed by atoms with Gasteiger partial charge in [-0.3, -0.25) is 4.79 Å². The van der Waals surface area contributed by atoms with Crippen LogP contribution in [0.15, 0.2) is 24.3 Å². The Balaban J connectivity index is 2.41. The summed E-state index contributed by atoms with van der Waals surface area (Å²) >= 11 is 0. The molecule has 0 bridgehead atoms. The van der Waals surface area contributed by atoms with Crippen LogP contribution in [-0.4, -0.2) is 19.1 Å². The first-order chi connectivity index (χ1) is 8.26. The molecule has 3 nitrogen and oxygen atoms in total. The highest BCUT2D eigenvalue weighted by atomic mass is 16.5. The number of benzene rings is 1. The first-order valence-corrected chi connectivity index (χ1v) is 6.24. The third kappa shape index (κ3) is 5.38. The minimum atomic E-state index is -0.167. The number of nitrogens with one attached hydrogen (secondary N) is 1. The summed E-state index contributed by atoms with van der Waals surface area (Å²) in [7, 11) is 0.